The molecule has 3 amide bonds. The van der Waals surface area contributed by atoms with Crippen molar-refractivity contribution in [2.45, 2.75) is 26.7 Å². The monoisotopic (exact) mass is 374 g/mol. The zero-order chi connectivity index (χ0) is 20.1. The number of rotatable bonds is 10. The van der Waals surface area contributed by atoms with Gasteiger partial charge in [-0.25, -0.2) is 4.79 Å². The van der Waals surface area contributed by atoms with Gasteiger partial charge >= 0.3 is 6.03 Å². The van der Waals surface area contributed by atoms with E-state index in [1.165, 1.54) is 0 Å². The van der Waals surface area contributed by atoms with Gasteiger partial charge in [0.15, 0.2) is 0 Å². The van der Waals surface area contributed by atoms with E-state index in [0.29, 0.717) is 43.3 Å². The minimum Gasteiger partial charge on any atom is -0.497 e. The predicted molar refractivity (Wildman–Crippen MR) is 102 cm³/mol. The first-order valence-corrected chi connectivity index (χ1v) is 8.76. The molecule has 0 saturated heterocycles. The average molecular weight is 374 g/mol. The largest absolute Gasteiger partial charge is 0.497 e. The van der Waals surface area contributed by atoms with Crippen molar-refractivity contribution in [1.82, 2.24) is 10.6 Å². The molecule has 8 heteroatoms. The van der Waals surface area contributed by atoms with Crippen molar-refractivity contribution in [3.63, 3.8) is 0 Å². The van der Waals surface area contributed by atoms with Crippen molar-refractivity contribution < 1.29 is 19.1 Å². The lowest BCUT2D eigenvalue weighted by Gasteiger charge is -2.12. The van der Waals surface area contributed by atoms with Crippen LogP contribution < -0.4 is 20.7 Å². The predicted octanol–water partition coefficient (Wildman–Crippen LogP) is 2.55. The van der Waals surface area contributed by atoms with Crippen LogP contribution in [0.3, 0.4) is 0 Å². The minimum absolute atomic E-state index is 0.112. The third kappa shape index (κ3) is 7.79. The van der Waals surface area contributed by atoms with E-state index in [0.717, 1.165) is 6.42 Å². The SMILES string of the molecule is CCOCCCN/C(CC)=C(/C#N)C(=O)NC(=O)Nc1ccc(OC)cc1. The number of nitrogens with one attached hydrogen (secondary N) is 3. The maximum Gasteiger partial charge on any atom is 0.326 e. The van der Waals surface area contributed by atoms with Gasteiger partial charge in [-0.2, -0.15) is 5.26 Å². The molecule has 0 aliphatic rings. The summed E-state index contributed by atoms with van der Waals surface area (Å²) in [6, 6.07) is 7.79. The summed E-state index contributed by atoms with van der Waals surface area (Å²) in [6.07, 6.45) is 1.21. The highest BCUT2D eigenvalue weighted by Crippen LogP contribution is 2.14. The molecule has 0 atom stereocenters. The van der Waals surface area contributed by atoms with Gasteiger partial charge in [-0.05, 0) is 44.0 Å². The lowest BCUT2D eigenvalue weighted by atomic mass is 10.1. The first-order chi connectivity index (χ1) is 13.0. The number of amides is 3. The van der Waals surface area contributed by atoms with Gasteiger partial charge in [-0.15, -0.1) is 0 Å². The van der Waals surface area contributed by atoms with Crippen molar-refractivity contribution >= 4 is 17.6 Å². The summed E-state index contributed by atoms with van der Waals surface area (Å²) in [5.41, 5.74) is 0.871. The maximum atomic E-state index is 12.3. The number of carbonyl (C=O) groups is 2. The summed E-state index contributed by atoms with van der Waals surface area (Å²) >= 11 is 0. The van der Waals surface area contributed by atoms with Gasteiger partial charge in [0.25, 0.3) is 5.91 Å². The highest BCUT2D eigenvalue weighted by Gasteiger charge is 2.17. The van der Waals surface area contributed by atoms with Gasteiger partial charge in [0, 0.05) is 31.1 Å². The molecule has 146 valence electrons. The van der Waals surface area contributed by atoms with Crippen LogP contribution in [0, 0.1) is 11.3 Å². The van der Waals surface area contributed by atoms with Crippen molar-refractivity contribution in [3.8, 4) is 11.8 Å². The first-order valence-electron chi connectivity index (χ1n) is 8.76. The Morgan fingerprint density at radius 1 is 1.19 bits per heavy atom. The summed E-state index contributed by atoms with van der Waals surface area (Å²) in [4.78, 5) is 24.3. The number of hydrogen-bond acceptors (Lipinski definition) is 6. The fraction of sp³-hybridized carbons (Fsp3) is 0.421. The topological polar surface area (TPSA) is 112 Å². The molecule has 0 fully saturated rings. The van der Waals surface area contributed by atoms with Crippen LogP contribution in [-0.4, -0.2) is 38.8 Å². The molecule has 0 saturated carbocycles. The summed E-state index contributed by atoms with van der Waals surface area (Å²) in [5, 5.41) is 17.1. The van der Waals surface area contributed by atoms with Crippen molar-refractivity contribution in [2.75, 3.05) is 32.2 Å². The van der Waals surface area contributed by atoms with Gasteiger partial charge in [0.1, 0.15) is 17.4 Å². The molecule has 1 aromatic rings. The molecule has 0 bridgehead atoms. The molecule has 1 rings (SSSR count). The van der Waals surface area contributed by atoms with E-state index in [4.69, 9.17) is 9.47 Å². The zero-order valence-electron chi connectivity index (χ0n) is 15.9. The lowest BCUT2D eigenvalue weighted by Crippen LogP contribution is -2.36. The second kappa shape index (κ2) is 12.3. The molecule has 0 aromatic heterocycles. The molecule has 0 heterocycles. The number of ether oxygens (including phenoxy) is 2. The molecular weight excluding hydrogens is 348 g/mol. The van der Waals surface area contributed by atoms with Crippen LogP contribution in [0.25, 0.3) is 0 Å². The fourth-order valence-electron chi connectivity index (χ4n) is 2.21. The van der Waals surface area contributed by atoms with E-state index >= 15 is 0 Å². The Hall–Kier alpha value is -3.05. The number of nitriles is 1. The van der Waals surface area contributed by atoms with Gasteiger partial charge in [-0.1, -0.05) is 6.92 Å². The smallest absolute Gasteiger partial charge is 0.326 e. The number of carbonyl (C=O) groups excluding carboxylic acids is 2. The third-order valence-corrected chi connectivity index (χ3v) is 3.58. The van der Waals surface area contributed by atoms with Crippen LogP contribution in [0.4, 0.5) is 10.5 Å². The molecule has 1 aromatic carbocycles. The number of benzene rings is 1. The van der Waals surface area contributed by atoms with Gasteiger partial charge < -0.3 is 20.1 Å². The Balaban J connectivity index is 2.65. The zero-order valence-corrected chi connectivity index (χ0v) is 15.9. The number of imide groups is 1. The summed E-state index contributed by atoms with van der Waals surface area (Å²) < 4.78 is 10.3. The Labute approximate surface area is 159 Å². The molecule has 0 unspecified atom stereocenters. The average Bonchev–Trinajstić information content (AvgIpc) is 2.67. The van der Waals surface area contributed by atoms with E-state index < -0.39 is 11.9 Å². The molecule has 0 spiro atoms. The van der Waals surface area contributed by atoms with Crippen LogP contribution >= 0.6 is 0 Å². The quantitative estimate of drug-likeness (QED) is 0.330. The summed E-state index contributed by atoms with van der Waals surface area (Å²) in [5.74, 6) is -0.104. The van der Waals surface area contributed by atoms with E-state index in [1.54, 1.807) is 31.4 Å². The molecule has 8 nitrogen and oxygen atoms in total. The van der Waals surface area contributed by atoms with Crippen LogP contribution in [0.2, 0.25) is 0 Å². The van der Waals surface area contributed by atoms with E-state index in [-0.39, 0.29) is 5.57 Å². The van der Waals surface area contributed by atoms with Crippen LogP contribution in [0.1, 0.15) is 26.7 Å². The standard InChI is InChI=1S/C19H26N4O4/c1-4-17(21-11-6-12-27-5-2)16(13-20)18(24)23-19(25)22-14-7-9-15(26-3)10-8-14/h7-10,21H,4-6,11-12H2,1-3H3,(H2,22,23,24,25)/b17-16-. The molecule has 0 radical (unpaired) electrons. The number of methoxy groups -OCH3 is 1. The molecular formula is C19H26N4O4. The van der Waals surface area contributed by atoms with Crippen molar-refractivity contribution in [2.24, 2.45) is 0 Å². The summed E-state index contributed by atoms with van der Waals surface area (Å²) in [6.45, 7) is 5.55. The Kier molecular flexibility index (Phi) is 10.0. The maximum absolute atomic E-state index is 12.3. The van der Waals surface area contributed by atoms with Crippen molar-refractivity contribution in [1.29, 1.82) is 5.26 Å². The lowest BCUT2D eigenvalue weighted by molar-refractivity contribution is -0.116. The van der Waals surface area contributed by atoms with Crippen LogP contribution in [0.5, 0.6) is 5.75 Å². The fourth-order valence-corrected chi connectivity index (χ4v) is 2.21. The number of allylic oxidation sites excluding steroid dienone is 1. The van der Waals surface area contributed by atoms with Crippen molar-refractivity contribution in [3.05, 3.63) is 35.5 Å². The Bertz CT molecular complexity index is 693. The number of urea groups is 1. The van der Waals surface area contributed by atoms with Crippen LogP contribution in [-0.2, 0) is 9.53 Å². The molecule has 0 aliphatic carbocycles. The van der Waals surface area contributed by atoms with Gasteiger partial charge in [0.05, 0.1) is 7.11 Å². The second-order valence-electron chi connectivity index (χ2n) is 5.43. The second-order valence-corrected chi connectivity index (χ2v) is 5.43. The van der Waals surface area contributed by atoms with E-state index in [2.05, 4.69) is 16.0 Å². The molecule has 0 aliphatic heterocycles. The van der Waals surface area contributed by atoms with E-state index in [1.807, 2.05) is 19.9 Å². The Morgan fingerprint density at radius 3 is 2.44 bits per heavy atom. The highest BCUT2D eigenvalue weighted by molar-refractivity contribution is 6.09. The number of hydrogen-bond donors (Lipinski definition) is 3. The van der Waals surface area contributed by atoms with Crippen LogP contribution in [0.15, 0.2) is 35.5 Å². The first kappa shape index (κ1) is 22.0. The van der Waals surface area contributed by atoms with E-state index in [9.17, 15) is 14.9 Å². The van der Waals surface area contributed by atoms with Gasteiger partial charge in [-0.3, -0.25) is 10.1 Å². The minimum atomic E-state index is -0.752. The highest BCUT2D eigenvalue weighted by atomic mass is 16.5. The number of nitrogens with zero attached hydrogens (tertiary/aromatic N) is 1. The Morgan fingerprint density at radius 2 is 1.89 bits per heavy atom. The van der Waals surface area contributed by atoms with Gasteiger partial charge in [0.2, 0.25) is 0 Å². The molecule has 3 N–H and O–H groups in total. The summed E-state index contributed by atoms with van der Waals surface area (Å²) in [7, 11) is 1.54. The normalized spacial score (nSPS) is 11.0. The third-order valence-electron chi connectivity index (χ3n) is 3.58. The number of anilines is 1. The molecule has 27 heavy (non-hydrogen) atoms.